The summed E-state index contributed by atoms with van der Waals surface area (Å²) in [6.07, 6.45) is 2.87. The highest BCUT2D eigenvalue weighted by atomic mass is 32.2. The van der Waals surface area contributed by atoms with Gasteiger partial charge in [-0.05, 0) is 31.7 Å². The molecule has 2 rings (SSSR count). The van der Waals surface area contributed by atoms with Crippen molar-refractivity contribution in [3.05, 3.63) is 35.9 Å². The Bertz CT molecular complexity index is 656. The molecule has 8 heteroatoms. The molecule has 25 heavy (non-hydrogen) atoms. The van der Waals surface area contributed by atoms with Crippen molar-refractivity contribution in [2.45, 2.75) is 37.8 Å². The van der Waals surface area contributed by atoms with E-state index >= 15 is 0 Å². The van der Waals surface area contributed by atoms with Crippen LogP contribution in [0.25, 0.3) is 0 Å². The number of sulfonamides is 1. The highest BCUT2D eigenvalue weighted by Gasteiger charge is 2.30. The number of nitrogens with two attached hydrogens (primary N) is 1. The van der Waals surface area contributed by atoms with E-state index in [0.717, 1.165) is 19.3 Å². The van der Waals surface area contributed by atoms with Crippen molar-refractivity contribution >= 4 is 15.9 Å². The fourth-order valence-corrected chi connectivity index (χ4v) is 3.61. The number of hydrogen-bond donors (Lipinski definition) is 3. The molecule has 2 atom stereocenters. The van der Waals surface area contributed by atoms with Gasteiger partial charge in [0.25, 0.3) is 0 Å². The van der Waals surface area contributed by atoms with Gasteiger partial charge in [-0.3, -0.25) is 4.79 Å². The van der Waals surface area contributed by atoms with E-state index in [1.807, 2.05) is 6.07 Å². The molecule has 1 amide bonds. The van der Waals surface area contributed by atoms with Crippen LogP contribution in [0.1, 0.15) is 31.7 Å². The van der Waals surface area contributed by atoms with Crippen molar-refractivity contribution in [1.82, 2.24) is 10.0 Å². The zero-order valence-corrected chi connectivity index (χ0v) is 15.3. The molecule has 140 valence electrons. The number of carbonyl (C=O) groups is 1. The van der Waals surface area contributed by atoms with Gasteiger partial charge in [0.2, 0.25) is 15.9 Å². The Hall–Kier alpha value is -1.48. The molecule has 1 aliphatic rings. The summed E-state index contributed by atoms with van der Waals surface area (Å²) in [4.78, 5) is 12.3. The molecule has 0 spiro atoms. The SMILES string of the molecule is CC(N)(C(=O)NCCS(=O)(=O)NCC1CCCCO1)c1ccccc1. The van der Waals surface area contributed by atoms with Gasteiger partial charge in [0, 0.05) is 19.7 Å². The van der Waals surface area contributed by atoms with Crippen molar-refractivity contribution in [3.63, 3.8) is 0 Å². The summed E-state index contributed by atoms with van der Waals surface area (Å²) >= 11 is 0. The van der Waals surface area contributed by atoms with Crippen LogP contribution in [0.4, 0.5) is 0 Å². The molecule has 1 saturated heterocycles. The second kappa shape index (κ2) is 8.75. The molecule has 0 aromatic heterocycles. The topological polar surface area (TPSA) is 111 Å². The van der Waals surface area contributed by atoms with Crippen LogP contribution in [0.15, 0.2) is 30.3 Å². The van der Waals surface area contributed by atoms with E-state index in [1.165, 1.54) is 0 Å². The first-order valence-electron chi connectivity index (χ1n) is 8.53. The standard InChI is InChI=1S/C17H27N3O4S/c1-17(18,14-7-3-2-4-8-14)16(21)19-10-12-25(22,23)20-13-15-9-5-6-11-24-15/h2-4,7-8,15,20H,5-6,9-13,18H2,1H3,(H,19,21). The number of ether oxygens (including phenoxy) is 1. The van der Waals surface area contributed by atoms with Crippen LogP contribution in [-0.2, 0) is 25.1 Å². The molecule has 1 aliphatic heterocycles. The van der Waals surface area contributed by atoms with E-state index in [0.29, 0.717) is 12.2 Å². The highest BCUT2D eigenvalue weighted by Crippen LogP contribution is 2.17. The summed E-state index contributed by atoms with van der Waals surface area (Å²) in [7, 11) is -3.47. The van der Waals surface area contributed by atoms with E-state index in [1.54, 1.807) is 31.2 Å². The van der Waals surface area contributed by atoms with E-state index in [9.17, 15) is 13.2 Å². The Morgan fingerprint density at radius 2 is 2.04 bits per heavy atom. The molecule has 0 radical (unpaired) electrons. The molecule has 2 unspecified atom stereocenters. The maximum Gasteiger partial charge on any atom is 0.244 e. The Balaban J connectivity index is 1.77. The average Bonchev–Trinajstić information content (AvgIpc) is 2.61. The molecule has 0 aliphatic carbocycles. The van der Waals surface area contributed by atoms with Gasteiger partial charge < -0.3 is 15.8 Å². The Morgan fingerprint density at radius 3 is 2.68 bits per heavy atom. The van der Waals surface area contributed by atoms with Gasteiger partial charge in [-0.2, -0.15) is 0 Å². The van der Waals surface area contributed by atoms with E-state index in [2.05, 4.69) is 10.0 Å². The Labute approximate surface area is 149 Å². The lowest BCUT2D eigenvalue weighted by molar-refractivity contribution is -0.125. The van der Waals surface area contributed by atoms with Gasteiger partial charge in [-0.15, -0.1) is 0 Å². The first-order valence-corrected chi connectivity index (χ1v) is 10.2. The molecular formula is C17H27N3O4S. The third-order valence-electron chi connectivity index (χ3n) is 4.31. The predicted octanol–water partition coefficient (Wildman–Crippen LogP) is 0.465. The van der Waals surface area contributed by atoms with Gasteiger partial charge in [-0.1, -0.05) is 30.3 Å². The summed E-state index contributed by atoms with van der Waals surface area (Å²) in [5.74, 6) is -0.611. The second-order valence-electron chi connectivity index (χ2n) is 6.48. The first kappa shape index (κ1) is 19.8. The van der Waals surface area contributed by atoms with E-state index < -0.39 is 21.5 Å². The summed E-state index contributed by atoms with van der Waals surface area (Å²) < 4.78 is 32.1. The van der Waals surface area contributed by atoms with Gasteiger partial charge in [0.15, 0.2) is 0 Å². The van der Waals surface area contributed by atoms with Crippen LogP contribution in [0.3, 0.4) is 0 Å². The Kier molecular flexibility index (Phi) is 6.95. The number of hydrogen-bond acceptors (Lipinski definition) is 5. The summed E-state index contributed by atoms with van der Waals surface area (Å²) in [5.41, 5.74) is 5.55. The molecule has 7 nitrogen and oxygen atoms in total. The molecule has 1 heterocycles. The fourth-order valence-electron chi connectivity index (χ4n) is 2.66. The molecule has 1 aromatic carbocycles. The van der Waals surface area contributed by atoms with Gasteiger partial charge in [0.05, 0.1) is 11.9 Å². The summed E-state index contributed by atoms with van der Waals surface area (Å²) in [6, 6.07) is 8.97. The normalized spacial score (nSPS) is 20.6. The van der Waals surface area contributed by atoms with Crippen LogP contribution in [0.2, 0.25) is 0 Å². The van der Waals surface area contributed by atoms with E-state index in [-0.39, 0.29) is 24.9 Å². The smallest absolute Gasteiger partial charge is 0.244 e. The number of benzene rings is 1. The van der Waals surface area contributed by atoms with E-state index in [4.69, 9.17) is 10.5 Å². The highest BCUT2D eigenvalue weighted by molar-refractivity contribution is 7.89. The third-order valence-corrected chi connectivity index (χ3v) is 5.65. The molecule has 1 aromatic rings. The van der Waals surface area contributed by atoms with Crippen LogP contribution in [0, 0.1) is 0 Å². The second-order valence-corrected chi connectivity index (χ2v) is 8.41. The lowest BCUT2D eigenvalue weighted by Gasteiger charge is -2.24. The molecular weight excluding hydrogens is 342 g/mol. The maximum atomic E-state index is 12.3. The minimum atomic E-state index is -3.47. The zero-order valence-electron chi connectivity index (χ0n) is 14.5. The van der Waals surface area contributed by atoms with Crippen LogP contribution >= 0.6 is 0 Å². The monoisotopic (exact) mass is 369 g/mol. The zero-order chi connectivity index (χ0) is 18.3. The van der Waals surface area contributed by atoms with Crippen molar-refractivity contribution in [3.8, 4) is 0 Å². The quantitative estimate of drug-likeness (QED) is 0.617. The van der Waals surface area contributed by atoms with Crippen LogP contribution in [-0.4, -0.2) is 45.9 Å². The molecule has 0 saturated carbocycles. The van der Waals surface area contributed by atoms with Gasteiger partial charge in [-0.25, -0.2) is 13.1 Å². The molecule has 4 N–H and O–H groups in total. The average molecular weight is 369 g/mol. The third kappa shape index (κ3) is 6.07. The van der Waals surface area contributed by atoms with Crippen molar-refractivity contribution < 1.29 is 17.9 Å². The maximum absolute atomic E-state index is 12.3. The lowest BCUT2D eigenvalue weighted by atomic mass is 9.92. The van der Waals surface area contributed by atoms with Crippen molar-refractivity contribution in [1.29, 1.82) is 0 Å². The lowest BCUT2D eigenvalue weighted by Crippen LogP contribution is -2.50. The minimum absolute atomic E-state index is 0.000681. The first-order chi connectivity index (χ1) is 11.8. The molecule has 0 bridgehead atoms. The number of nitrogens with one attached hydrogen (secondary N) is 2. The van der Waals surface area contributed by atoms with Crippen molar-refractivity contribution in [2.75, 3.05) is 25.4 Å². The largest absolute Gasteiger partial charge is 0.377 e. The summed E-state index contributed by atoms with van der Waals surface area (Å²) in [5, 5.41) is 2.60. The number of carbonyl (C=O) groups excluding carboxylic acids is 1. The van der Waals surface area contributed by atoms with Gasteiger partial charge >= 0.3 is 0 Å². The van der Waals surface area contributed by atoms with Crippen molar-refractivity contribution in [2.24, 2.45) is 5.73 Å². The predicted molar refractivity (Wildman–Crippen MR) is 96.4 cm³/mol. The van der Waals surface area contributed by atoms with Crippen LogP contribution < -0.4 is 15.8 Å². The summed E-state index contributed by atoms with van der Waals surface area (Å²) in [6.45, 7) is 2.55. The minimum Gasteiger partial charge on any atom is -0.377 e. The Morgan fingerprint density at radius 1 is 1.32 bits per heavy atom. The van der Waals surface area contributed by atoms with Gasteiger partial charge in [0.1, 0.15) is 5.54 Å². The number of rotatable bonds is 8. The van der Waals surface area contributed by atoms with Crippen LogP contribution in [0.5, 0.6) is 0 Å². The number of amides is 1. The molecule has 1 fully saturated rings. The fraction of sp³-hybridized carbons (Fsp3) is 0.588.